The van der Waals surface area contributed by atoms with Crippen LogP contribution in [0.15, 0.2) is 42.5 Å². The van der Waals surface area contributed by atoms with Crippen molar-refractivity contribution in [2.45, 2.75) is 26.3 Å². The highest BCUT2D eigenvalue weighted by atomic mass is 35.5. The Bertz CT molecular complexity index is 797. The summed E-state index contributed by atoms with van der Waals surface area (Å²) in [4.78, 5) is 25.2. The monoisotopic (exact) mass is 413 g/mol. The van der Waals surface area contributed by atoms with Crippen LogP contribution in [0.2, 0.25) is 15.1 Å². The molecule has 0 radical (unpaired) electrons. The maximum Gasteiger partial charge on any atom is 0.341 e. The first-order chi connectivity index (χ1) is 12.1. The number of nitrogens with one attached hydrogen (secondary N) is 2. The van der Waals surface area contributed by atoms with E-state index in [1.165, 1.54) is 17.1 Å². The van der Waals surface area contributed by atoms with Gasteiger partial charge in [-0.1, -0.05) is 53.0 Å². The Labute approximate surface area is 167 Å². The number of hydrogen-bond donors (Lipinski definition) is 2. The van der Waals surface area contributed by atoms with Crippen LogP contribution >= 0.6 is 34.8 Å². The molecule has 2 rings (SSSR count). The number of hydrazine groups is 1. The maximum atomic E-state index is 12.8. The largest absolute Gasteiger partial charge is 0.341 e. The van der Waals surface area contributed by atoms with Crippen molar-refractivity contribution in [3.05, 3.63) is 63.1 Å². The zero-order valence-electron chi connectivity index (χ0n) is 14.4. The highest BCUT2D eigenvalue weighted by molar-refractivity contribution is 6.42. The van der Waals surface area contributed by atoms with Crippen molar-refractivity contribution >= 4 is 52.4 Å². The lowest BCUT2D eigenvalue weighted by Crippen LogP contribution is -2.57. The second kappa shape index (κ2) is 8.16. The van der Waals surface area contributed by atoms with Crippen LogP contribution in [0.25, 0.3) is 0 Å². The molecule has 0 aromatic heterocycles. The fourth-order valence-electron chi connectivity index (χ4n) is 2.10. The standard InChI is InChI=1S/C18H18Cl3N3O2/c1-18(2,3)24(23-16(25)11-7-5-4-6-8-11)17(26)22-15-13(20)9-12(19)10-14(15)21/h4-10H,1-3H3,(H,22,26)(H,23,25). The van der Waals surface area contributed by atoms with E-state index in [9.17, 15) is 9.59 Å². The van der Waals surface area contributed by atoms with Gasteiger partial charge in [-0.25, -0.2) is 9.80 Å². The third kappa shape index (κ3) is 5.04. The summed E-state index contributed by atoms with van der Waals surface area (Å²) in [5.74, 6) is -0.413. The van der Waals surface area contributed by atoms with Crippen molar-refractivity contribution in [2.24, 2.45) is 0 Å². The van der Waals surface area contributed by atoms with Crippen LogP contribution in [-0.4, -0.2) is 22.5 Å². The fourth-order valence-corrected chi connectivity index (χ4v) is 3.01. The van der Waals surface area contributed by atoms with Crippen molar-refractivity contribution in [2.75, 3.05) is 5.32 Å². The lowest BCUT2D eigenvalue weighted by Gasteiger charge is -2.35. The molecule has 0 aliphatic rings. The molecule has 0 atom stereocenters. The second-order valence-corrected chi connectivity index (χ2v) is 7.74. The van der Waals surface area contributed by atoms with Gasteiger partial charge in [-0.05, 0) is 45.0 Å². The first kappa shape index (κ1) is 20.4. The summed E-state index contributed by atoms with van der Waals surface area (Å²) in [7, 11) is 0. The quantitative estimate of drug-likeness (QED) is 0.626. The molecule has 0 spiro atoms. The van der Waals surface area contributed by atoms with Gasteiger partial charge in [0.05, 0.1) is 21.3 Å². The summed E-state index contributed by atoms with van der Waals surface area (Å²) >= 11 is 18.1. The Morgan fingerprint density at radius 2 is 1.50 bits per heavy atom. The van der Waals surface area contributed by atoms with Gasteiger partial charge in [0.15, 0.2) is 0 Å². The van der Waals surface area contributed by atoms with Gasteiger partial charge in [0.1, 0.15) is 0 Å². The highest BCUT2D eigenvalue weighted by Crippen LogP contribution is 2.34. The molecule has 138 valence electrons. The molecule has 2 aromatic carbocycles. The lowest BCUT2D eigenvalue weighted by atomic mass is 10.1. The summed E-state index contributed by atoms with van der Waals surface area (Å²) in [6.45, 7) is 5.34. The van der Waals surface area contributed by atoms with E-state index in [1.807, 2.05) is 0 Å². The van der Waals surface area contributed by atoms with E-state index in [0.717, 1.165) is 0 Å². The van der Waals surface area contributed by atoms with Crippen molar-refractivity contribution < 1.29 is 9.59 Å². The minimum Gasteiger partial charge on any atom is -0.304 e. The molecule has 0 bridgehead atoms. The minimum absolute atomic E-state index is 0.194. The van der Waals surface area contributed by atoms with Crippen molar-refractivity contribution in [1.29, 1.82) is 0 Å². The zero-order chi connectivity index (χ0) is 19.5. The van der Waals surface area contributed by atoms with E-state index in [1.54, 1.807) is 51.1 Å². The minimum atomic E-state index is -0.708. The molecule has 0 heterocycles. The lowest BCUT2D eigenvalue weighted by molar-refractivity contribution is 0.0687. The molecule has 2 N–H and O–H groups in total. The number of nitrogens with zero attached hydrogens (tertiary/aromatic N) is 1. The predicted molar refractivity (Wildman–Crippen MR) is 106 cm³/mol. The van der Waals surface area contributed by atoms with Crippen LogP contribution in [-0.2, 0) is 0 Å². The Morgan fingerprint density at radius 3 is 2.00 bits per heavy atom. The average molecular weight is 415 g/mol. The molecule has 5 nitrogen and oxygen atoms in total. The molecule has 0 fully saturated rings. The molecule has 26 heavy (non-hydrogen) atoms. The van der Waals surface area contributed by atoms with Gasteiger partial charge in [0.25, 0.3) is 5.91 Å². The van der Waals surface area contributed by atoms with Crippen LogP contribution in [0.3, 0.4) is 0 Å². The third-order valence-electron chi connectivity index (χ3n) is 3.36. The molecular formula is C18H18Cl3N3O2. The van der Waals surface area contributed by atoms with Gasteiger partial charge in [-0.15, -0.1) is 0 Å². The fraction of sp³-hybridized carbons (Fsp3) is 0.222. The van der Waals surface area contributed by atoms with E-state index < -0.39 is 17.5 Å². The molecule has 0 saturated carbocycles. The highest BCUT2D eigenvalue weighted by Gasteiger charge is 2.29. The molecule has 0 saturated heterocycles. The van der Waals surface area contributed by atoms with Crippen LogP contribution in [0.5, 0.6) is 0 Å². The number of hydrogen-bond acceptors (Lipinski definition) is 2. The molecule has 0 aliphatic heterocycles. The summed E-state index contributed by atoms with van der Waals surface area (Å²) in [6.07, 6.45) is 0. The summed E-state index contributed by atoms with van der Waals surface area (Å²) in [6, 6.07) is 10.9. The summed E-state index contributed by atoms with van der Waals surface area (Å²) in [5.41, 5.74) is 2.55. The maximum absolute atomic E-state index is 12.8. The van der Waals surface area contributed by atoms with Crippen LogP contribution < -0.4 is 10.7 Å². The van der Waals surface area contributed by atoms with Gasteiger partial charge >= 0.3 is 6.03 Å². The number of rotatable bonds is 2. The third-order valence-corrected chi connectivity index (χ3v) is 4.18. The number of anilines is 1. The van der Waals surface area contributed by atoms with Gasteiger partial charge in [-0.3, -0.25) is 10.2 Å². The molecule has 0 unspecified atom stereocenters. The van der Waals surface area contributed by atoms with Gasteiger partial charge in [-0.2, -0.15) is 0 Å². The number of halogens is 3. The van der Waals surface area contributed by atoms with Crippen LogP contribution in [0.4, 0.5) is 10.5 Å². The SMILES string of the molecule is CC(C)(C)N(NC(=O)c1ccccc1)C(=O)Nc1c(Cl)cc(Cl)cc1Cl. The molecule has 0 aliphatic carbocycles. The predicted octanol–water partition coefficient (Wildman–Crippen LogP) is 5.62. The van der Waals surface area contributed by atoms with Gasteiger partial charge < -0.3 is 5.32 Å². The Hall–Kier alpha value is -1.95. The molecular weight excluding hydrogens is 397 g/mol. The van der Waals surface area contributed by atoms with E-state index >= 15 is 0 Å². The Kier molecular flexibility index (Phi) is 6.39. The number of carbonyl (C=O) groups is 2. The topological polar surface area (TPSA) is 61.4 Å². The first-order valence-corrected chi connectivity index (χ1v) is 8.85. The molecule has 8 heteroatoms. The van der Waals surface area contributed by atoms with E-state index in [-0.39, 0.29) is 15.7 Å². The number of benzene rings is 2. The molecule has 3 amide bonds. The number of amides is 3. The van der Waals surface area contributed by atoms with E-state index in [2.05, 4.69) is 10.7 Å². The Morgan fingerprint density at radius 1 is 0.962 bits per heavy atom. The number of carbonyl (C=O) groups excluding carboxylic acids is 2. The van der Waals surface area contributed by atoms with Crippen molar-refractivity contribution in [3.8, 4) is 0 Å². The van der Waals surface area contributed by atoms with E-state index in [4.69, 9.17) is 34.8 Å². The van der Waals surface area contributed by atoms with E-state index in [0.29, 0.717) is 10.6 Å². The van der Waals surface area contributed by atoms with Crippen LogP contribution in [0, 0.1) is 0 Å². The smallest absolute Gasteiger partial charge is 0.304 e. The van der Waals surface area contributed by atoms with Crippen molar-refractivity contribution in [1.82, 2.24) is 10.4 Å². The Balaban J connectivity index is 2.25. The number of urea groups is 1. The average Bonchev–Trinajstić information content (AvgIpc) is 2.55. The molecule has 2 aromatic rings. The second-order valence-electron chi connectivity index (χ2n) is 6.49. The summed E-state index contributed by atoms with van der Waals surface area (Å²) in [5, 5.41) is 4.54. The van der Waals surface area contributed by atoms with Gasteiger partial charge in [0.2, 0.25) is 0 Å². The van der Waals surface area contributed by atoms with Crippen molar-refractivity contribution in [3.63, 3.8) is 0 Å². The van der Waals surface area contributed by atoms with Gasteiger partial charge in [0, 0.05) is 10.6 Å². The first-order valence-electron chi connectivity index (χ1n) is 7.71. The van der Waals surface area contributed by atoms with Crippen LogP contribution in [0.1, 0.15) is 31.1 Å². The summed E-state index contributed by atoms with van der Waals surface area (Å²) < 4.78 is 0. The normalized spacial score (nSPS) is 11.0. The zero-order valence-corrected chi connectivity index (χ0v) is 16.7.